The highest BCUT2D eigenvalue weighted by Gasteiger charge is 2.20. The number of rotatable bonds is 12. The van der Waals surface area contributed by atoms with Gasteiger partial charge in [0.2, 0.25) is 0 Å². The molecular formula is C21H31N5O8. The number of nitrogens with zero attached hydrogens (tertiary/aromatic N) is 5. The quantitative estimate of drug-likeness (QED) is 0.261. The lowest BCUT2D eigenvalue weighted by atomic mass is 10.2. The molecule has 0 radical (unpaired) electrons. The van der Waals surface area contributed by atoms with Crippen LogP contribution < -0.4 is 0 Å². The van der Waals surface area contributed by atoms with Crippen LogP contribution in [0.15, 0.2) is 24.3 Å². The molecule has 0 aliphatic carbocycles. The molecule has 1 aromatic carbocycles. The van der Waals surface area contributed by atoms with Crippen LogP contribution in [0.5, 0.6) is 0 Å². The molecule has 0 spiro atoms. The molecule has 34 heavy (non-hydrogen) atoms. The second-order valence-corrected chi connectivity index (χ2v) is 8.21. The molecule has 1 aliphatic rings. The van der Waals surface area contributed by atoms with Crippen molar-refractivity contribution < 1.29 is 34.6 Å². The maximum absolute atomic E-state index is 11.4. The van der Waals surface area contributed by atoms with E-state index in [4.69, 9.17) is 10.2 Å². The summed E-state index contributed by atoms with van der Waals surface area (Å²) in [5.74, 6) is -2.90. The predicted molar refractivity (Wildman–Crippen MR) is 121 cm³/mol. The van der Waals surface area contributed by atoms with E-state index < -0.39 is 22.8 Å². The standard InChI is InChI=1S/C21H31N5O8/c27-19(28)14-23-8-5-22(6-9-24(11-10-23)15-20(29)30)7-12-25(16-21(31)32)13-17-1-3-18(4-2-17)26(33)34/h1-4H,5-16H2,(H,27,28)(H,29,30)(H,31,32). The lowest BCUT2D eigenvalue weighted by Crippen LogP contribution is -2.42. The molecule has 1 heterocycles. The van der Waals surface area contributed by atoms with E-state index in [-0.39, 0.29) is 25.3 Å². The molecule has 1 saturated heterocycles. The molecule has 188 valence electrons. The minimum atomic E-state index is -0.994. The van der Waals surface area contributed by atoms with E-state index in [1.807, 2.05) is 0 Å². The van der Waals surface area contributed by atoms with Gasteiger partial charge < -0.3 is 15.3 Å². The number of carbonyl (C=O) groups is 3. The molecule has 0 aromatic heterocycles. The zero-order chi connectivity index (χ0) is 25.1. The van der Waals surface area contributed by atoms with E-state index in [1.165, 1.54) is 12.1 Å². The van der Waals surface area contributed by atoms with Gasteiger partial charge in [0.15, 0.2) is 0 Å². The van der Waals surface area contributed by atoms with Crippen LogP contribution >= 0.6 is 0 Å². The highest BCUT2D eigenvalue weighted by Crippen LogP contribution is 2.13. The van der Waals surface area contributed by atoms with E-state index in [0.29, 0.717) is 58.9 Å². The van der Waals surface area contributed by atoms with Gasteiger partial charge in [0.05, 0.1) is 24.6 Å². The summed E-state index contributed by atoms with van der Waals surface area (Å²) < 4.78 is 0. The van der Waals surface area contributed by atoms with Gasteiger partial charge in [0, 0.05) is 71.0 Å². The number of non-ortho nitro benzene ring substituents is 1. The Labute approximate surface area is 196 Å². The molecular weight excluding hydrogens is 450 g/mol. The average molecular weight is 482 g/mol. The Kier molecular flexibility index (Phi) is 10.8. The van der Waals surface area contributed by atoms with Crippen molar-refractivity contribution >= 4 is 23.6 Å². The first-order valence-electron chi connectivity index (χ1n) is 10.9. The van der Waals surface area contributed by atoms with Crippen LogP contribution in [-0.2, 0) is 20.9 Å². The lowest BCUT2D eigenvalue weighted by molar-refractivity contribution is -0.384. The highest BCUT2D eigenvalue weighted by molar-refractivity contribution is 5.69. The van der Waals surface area contributed by atoms with Crippen LogP contribution in [0.4, 0.5) is 5.69 Å². The van der Waals surface area contributed by atoms with E-state index in [1.54, 1.807) is 26.8 Å². The largest absolute Gasteiger partial charge is 0.480 e. The molecule has 0 amide bonds. The molecule has 1 aromatic rings. The van der Waals surface area contributed by atoms with Crippen molar-refractivity contribution in [2.75, 3.05) is 72.0 Å². The van der Waals surface area contributed by atoms with Gasteiger partial charge in [-0.3, -0.25) is 44.1 Å². The van der Waals surface area contributed by atoms with Gasteiger partial charge in [-0.05, 0) is 5.56 Å². The first-order chi connectivity index (χ1) is 16.1. The predicted octanol–water partition coefficient (Wildman–Crippen LogP) is -0.430. The Morgan fingerprint density at radius 2 is 1.29 bits per heavy atom. The van der Waals surface area contributed by atoms with Crippen molar-refractivity contribution in [3.05, 3.63) is 39.9 Å². The first-order valence-corrected chi connectivity index (χ1v) is 10.9. The fourth-order valence-corrected chi connectivity index (χ4v) is 3.78. The van der Waals surface area contributed by atoms with Gasteiger partial charge in [-0.1, -0.05) is 12.1 Å². The topological polar surface area (TPSA) is 168 Å². The summed E-state index contributed by atoms with van der Waals surface area (Å²) in [5.41, 5.74) is 0.707. The smallest absolute Gasteiger partial charge is 0.317 e. The van der Waals surface area contributed by atoms with Gasteiger partial charge in [0.25, 0.3) is 5.69 Å². The number of hydrogen-bond donors (Lipinski definition) is 3. The zero-order valence-corrected chi connectivity index (χ0v) is 18.9. The van der Waals surface area contributed by atoms with Gasteiger partial charge in [0.1, 0.15) is 0 Å². The number of aliphatic carboxylic acids is 3. The van der Waals surface area contributed by atoms with Crippen molar-refractivity contribution in [3.8, 4) is 0 Å². The minimum Gasteiger partial charge on any atom is -0.480 e. The Bertz CT molecular complexity index is 822. The minimum absolute atomic E-state index is 0.0398. The number of hydrogen-bond acceptors (Lipinski definition) is 9. The maximum atomic E-state index is 11.4. The third-order valence-corrected chi connectivity index (χ3v) is 5.56. The molecule has 3 N–H and O–H groups in total. The Morgan fingerprint density at radius 3 is 1.71 bits per heavy atom. The SMILES string of the molecule is O=C(O)CN1CCN(CCN(CC(=O)O)Cc2ccc([N+](=O)[O-])cc2)CCN(CC(=O)O)CC1. The van der Waals surface area contributed by atoms with Crippen molar-refractivity contribution in [2.45, 2.75) is 6.54 Å². The number of nitro benzene ring substituents is 1. The van der Waals surface area contributed by atoms with E-state index in [9.17, 15) is 29.6 Å². The summed E-state index contributed by atoms with van der Waals surface area (Å²) in [5, 5.41) is 38.5. The van der Waals surface area contributed by atoms with Crippen LogP contribution in [0.25, 0.3) is 0 Å². The molecule has 0 atom stereocenters. The summed E-state index contributed by atoms with van der Waals surface area (Å²) in [4.78, 5) is 51.4. The summed E-state index contributed by atoms with van der Waals surface area (Å²) >= 11 is 0. The van der Waals surface area contributed by atoms with Gasteiger partial charge in [-0.2, -0.15) is 0 Å². The van der Waals surface area contributed by atoms with Crippen molar-refractivity contribution in [1.82, 2.24) is 19.6 Å². The molecule has 2 rings (SSSR count). The summed E-state index contributed by atoms with van der Waals surface area (Å²) in [6.45, 7) is 3.72. The summed E-state index contributed by atoms with van der Waals surface area (Å²) in [6.07, 6.45) is 0. The van der Waals surface area contributed by atoms with Crippen LogP contribution in [0.2, 0.25) is 0 Å². The molecule has 0 unspecified atom stereocenters. The fraction of sp³-hybridized carbons (Fsp3) is 0.571. The molecule has 1 aliphatic heterocycles. The lowest BCUT2D eigenvalue weighted by Gasteiger charge is -2.28. The zero-order valence-electron chi connectivity index (χ0n) is 18.9. The average Bonchev–Trinajstić information content (AvgIpc) is 2.83. The number of carboxylic acids is 3. The van der Waals surface area contributed by atoms with E-state index >= 15 is 0 Å². The highest BCUT2D eigenvalue weighted by atomic mass is 16.6. The van der Waals surface area contributed by atoms with Crippen molar-refractivity contribution in [2.24, 2.45) is 0 Å². The van der Waals surface area contributed by atoms with Crippen LogP contribution in [0.3, 0.4) is 0 Å². The van der Waals surface area contributed by atoms with Crippen molar-refractivity contribution in [3.63, 3.8) is 0 Å². The van der Waals surface area contributed by atoms with E-state index in [2.05, 4.69) is 4.90 Å². The fourth-order valence-electron chi connectivity index (χ4n) is 3.78. The number of carboxylic acid groups (broad SMARTS) is 3. The normalized spacial score (nSPS) is 16.5. The molecule has 1 fully saturated rings. The number of benzene rings is 1. The summed E-state index contributed by atoms with van der Waals surface area (Å²) in [7, 11) is 0. The monoisotopic (exact) mass is 481 g/mol. The van der Waals surface area contributed by atoms with Crippen LogP contribution in [0, 0.1) is 10.1 Å². The molecule has 0 bridgehead atoms. The molecule has 13 heteroatoms. The van der Waals surface area contributed by atoms with Gasteiger partial charge in [-0.15, -0.1) is 0 Å². The second kappa shape index (κ2) is 13.5. The van der Waals surface area contributed by atoms with Crippen LogP contribution in [0.1, 0.15) is 5.56 Å². The third-order valence-electron chi connectivity index (χ3n) is 5.56. The van der Waals surface area contributed by atoms with Crippen molar-refractivity contribution in [1.29, 1.82) is 0 Å². The molecule has 0 saturated carbocycles. The first kappa shape index (κ1) is 27.1. The Morgan fingerprint density at radius 1 is 0.824 bits per heavy atom. The Hall–Kier alpha value is -3.13. The van der Waals surface area contributed by atoms with E-state index in [0.717, 1.165) is 5.56 Å². The molecule has 13 nitrogen and oxygen atoms in total. The second-order valence-electron chi connectivity index (χ2n) is 8.21. The maximum Gasteiger partial charge on any atom is 0.317 e. The van der Waals surface area contributed by atoms with Gasteiger partial charge >= 0.3 is 17.9 Å². The Balaban J connectivity index is 2.03. The summed E-state index contributed by atoms with van der Waals surface area (Å²) in [6, 6.07) is 5.95. The third kappa shape index (κ3) is 10.2. The van der Waals surface area contributed by atoms with Crippen LogP contribution in [-0.4, -0.2) is 130 Å². The number of nitro groups is 1. The van der Waals surface area contributed by atoms with Gasteiger partial charge in [-0.25, -0.2) is 0 Å².